The molecular formula is C14H22N2O2. The molecule has 0 spiro atoms. The first-order valence-corrected chi connectivity index (χ1v) is 6.24. The first kappa shape index (κ1) is 14.5. The summed E-state index contributed by atoms with van der Waals surface area (Å²) in [4.78, 5) is 11.6. The molecule has 0 bridgehead atoms. The summed E-state index contributed by atoms with van der Waals surface area (Å²) in [6.45, 7) is 6.58. The molecule has 1 aromatic carbocycles. The van der Waals surface area contributed by atoms with E-state index in [2.05, 4.69) is 5.32 Å². The number of rotatable bonds is 6. The molecule has 1 rings (SSSR count). The maximum atomic E-state index is 11.6. The van der Waals surface area contributed by atoms with Gasteiger partial charge < -0.3 is 15.8 Å². The lowest BCUT2D eigenvalue weighted by molar-refractivity contribution is -0.124. The molecule has 0 aliphatic rings. The van der Waals surface area contributed by atoms with E-state index in [4.69, 9.17) is 10.5 Å². The van der Waals surface area contributed by atoms with Crippen LogP contribution < -0.4 is 15.8 Å². The highest BCUT2D eigenvalue weighted by atomic mass is 16.5. The summed E-state index contributed by atoms with van der Waals surface area (Å²) in [7, 11) is 0. The highest BCUT2D eigenvalue weighted by Crippen LogP contribution is 2.17. The molecule has 1 aromatic rings. The fraction of sp³-hybridized carbons (Fsp3) is 0.500. The fourth-order valence-corrected chi connectivity index (χ4v) is 1.47. The Balaban J connectivity index is 2.41. The monoisotopic (exact) mass is 250 g/mol. The highest BCUT2D eigenvalue weighted by molar-refractivity contribution is 5.78. The van der Waals surface area contributed by atoms with Gasteiger partial charge in [0.05, 0.1) is 6.54 Å². The molecule has 0 aromatic heterocycles. The number of aryl methyl sites for hydroxylation is 1. The molecule has 1 amide bonds. The van der Waals surface area contributed by atoms with Gasteiger partial charge in [0.1, 0.15) is 11.9 Å². The van der Waals surface area contributed by atoms with Crippen molar-refractivity contribution in [2.75, 3.05) is 13.1 Å². The summed E-state index contributed by atoms with van der Waals surface area (Å²) in [5, 5.41) is 2.83. The summed E-state index contributed by atoms with van der Waals surface area (Å²) in [6, 6.07) is 7.83. The topological polar surface area (TPSA) is 64.3 Å². The van der Waals surface area contributed by atoms with Crippen LogP contribution in [0.15, 0.2) is 24.3 Å². The average molecular weight is 250 g/mol. The van der Waals surface area contributed by atoms with Crippen molar-refractivity contribution in [3.8, 4) is 5.75 Å². The van der Waals surface area contributed by atoms with Crippen molar-refractivity contribution < 1.29 is 9.53 Å². The minimum atomic E-state index is -0.157. The number of amides is 1. The van der Waals surface area contributed by atoms with Crippen LogP contribution in [0.2, 0.25) is 0 Å². The van der Waals surface area contributed by atoms with Gasteiger partial charge in [-0.25, -0.2) is 0 Å². The normalized spacial score (nSPS) is 13.8. The van der Waals surface area contributed by atoms with Gasteiger partial charge >= 0.3 is 0 Å². The maximum absolute atomic E-state index is 11.6. The van der Waals surface area contributed by atoms with Crippen LogP contribution in [0.3, 0.4) is 0 Å². The van der Waals surface area contributed by atoms with Gasteiger partial charge in [0.2, 0.25) is 5.91 Å². The number of carbonyl (C=O) groups excluding carboxylic acids is 1. The summed E-state index contributed by atoms with van der Waals surface area (Å²) in [5.74, 6) is 0.666. The predicted molar refractivity (Wildman–Crippen MR) is 72.5 cm³/mol. The van der Waals surface area contributed by atoms with E-state index in [0.29, 0.717) is 13.1 Å². The third-order valence-electron chi connectivity index (χ3n) is 2.79. The van der Waals surface area contributed by atoms with Crippen molar-refractivity contribution in [1.29, 1.82) is 0 Å². The number of hydrogen-bond donors (Lipinski definition) is 2. The summed E-state index contributed by atoms with van der Waals surface area (Å²) in [6.07, 6.45) is -0.0694. The van der Waals surface area contributed by atoms with Crippen molar-refractivity contribution >= 4 is 5.91 Å². The van der Waals surface area contributed by atoms with Crippen LogP contribution in [-0.2, 0) is 4.79 Å². The zero-order valence-corrected chi connectivity index (χ0v) is 11.3. The van der Waals surface area contributed by atoms with Crippen LogP contribution in [0.25, 0.3) is 0 Å². The Labute approximate surface area is 109 Å². The van der Waals surface area contributed by atoms with Crippen LogP contribution in [0.4, 0.5) is 0 Å². The molecule has 0 fully saturated rings. The van der Waals surface area contributed by atoms with Crippen molar-refractivity contribution in [2.24, 2.45) is 11.7 Å². The number of nitrogens with two attached hydrogens (primary N) is 1. The average Bonchev–Trinajstić information content (AvgIpc) is 2.37. The molecule has 18 heavy (non-hydrogen) atoms. The molecule has 0 aliphatic heterocycles. The van der Waals surface area contributed by atoms with Gasteiger partial charge in [0.25, 0.3) is 0 Å². The van der Waals surface area contributed by atoms with Gasteiger partial charge in [-0.2, -0.15) is 0 Å². The third-order valence-corrected chi connectivity index (χ3v) is 2.79. The van der Waals surface area contributed by atoms with Gasteiger partial charge in [-0.3, -0.25) is 4.79 Å². The Hall–Kier alpha value is -1.55. The van der Waals surface area contributed by atoms with Crippen molar-refractivity contribution in [1.82, 2.24) is 5.32 Å². The Morgan fingerprint density at radius 3 is 2.67 bits per heavy atom. The first-order chi connectivity index (χ1) is 8.54. The second-order valence-corrected chi connectivity index (χ2v) is 4.58. The lowest BCUT2D eigenvalue weighted by atomic mass is 10.1. The van der Waals surface area contributed by atoms with E-state index in [1.807, 2.05) is 45.0 Å². The molecule has 0 saturated heterocycles. The molecule has 3 N–H and O–H groups in total. The Bertz CT molecular complexity index is 393. The number of para-hydroxylation sites is 1. The number of nitrogens with one attached hydrogen (secondary N) is 1. The molecule has 2 atom stereocenters. The van der Waals surface area contributed by atoms with Gasteiger partial charge in [0.15, 0.2) is 0 Å². The van der Waals surface area contributed by atoms with Crippen molar-refractivity contribution in [3.05, 3.63) is 29.8 Å². The van der Waals surface area contributed by atoms with Crippen LogP contribution in [0, 0.1) is 12.8 Å². The zero-order valence-electron chi connectivity index (χ0n) is 11.3. The lowest BCUT2D eigenvalue weighted by Gasteiger charge is -2.18. The van der Waals surface area contributed by atoms with E-state index in [0.717, 1.165) is 11.3 Å². The van der Waals surface area contributed by atoms with E-state index < -0.39 is 0 Å². The maximum Gasteiger partial charge on any atom is 0.224 e. The van der Waals surface area contributed by atoms with E-state index in [9.17, 15) is 4.79 Å². The van der Waals surface area contributed by atoms with E-state index in [1.165, 1.54) is 0 Å². The standard InChI is InChI=1S/C14H22N2O2/c1-10-6-4-5-7-13(10)18-12(3)9-16-14(17)11(2)8-15/h4-7,11-12H,8-9,15H2,1-3H3,(H,16,17). The molecule has 0 heterocycles. The molecule has 100 valence electrons. The summed E-state index contributed by atoms with van der Waals surface area (Å²) in [5.41, 5.74) is 6.52. The summed E-state index contributed by atoms with van der Waals surface area (Å²) >= 11 is 0. The van der Waals surface area contributed by atoms with Crippen LogP contribution in [0.5, 0.6) is 5.75 Å². The Morgan fingerprint density at radius 1 is 1.39 bits per heavy atom. The van der Waals surface area contributed by atoms with E-state index >= 15 is 0 Å². The van der Waals surface area contributed by atoms with Gasteiger partial charge in [-0.1, -0.05) is 25.1 Å². The van der Waals surface area contributed by atoms with Crippen LogP contribution >= 0.6 is 0 Å². The first-order valence-electron chi connectivity index (χ1n) is 6.24. The number of ether oxygens (including phenoxy) is 1. The number of benzene rings is 1. The molecule has 4 heteroatoms. The predicted octanol–water partition coefficient (Wildman–Crippen LogP) is 1.47. The second kappa shape index (κ2) is 7.01. The minimum Gasteiger partial charge on any atom is -0.489 e. The third kappa shape index (κ3) is 4.37. The van der Waals surface area contributed by atoms with E-state index in [-0.39, 0.29) is 17.9 Å². The molecular weight excluding hydrogens is 228 g/mol. The SMILES string of the molecule is Cc1ccccc1OC(C)CNC(=O)C(C)CN. The minimum absolute atomic E-state index is 0.0299. The molecule has 0 radical (unpaired) electrons. The van der Waals surface area contributed by atoms with E-state index in [1.54, 1.807) is 0 Å². The van der Waals surface area contributed by atoms with Crippen molar-refractivity contribution in [2.45, 2.75) is 26.9 Å². The Morgan fingerprint density at radius 2 is 2.06 bits per heavy atom. The van der Waals surface area contributed by atoms with Crippen LogP contribution in [0.1, 0.15) is 19.4 Å². The lowest BCUT2D eigenvalue weighted by Crippen LogP contribution is -2.38. The quantitative estimate of drug-likeness (QED) is 0.803. The molecule has 4 nitrogen and oxygen atoms in total. The molecule has 2 unspecified atom stereocenters. The summed E-state index contributed by atoms with van der Waals surface area (Å²) < 4.78 is 5.76. The van der Waals surface area contributed by atoms with Gasteiger partial charge in [0, 0.05) is 12.5 Å². The second-order valence-electron chi connectivity index (χ2n) is 4.58. The van der Waals surface area contributed by atoms with Gasteiger partial charge in [-0.05, 0) is 25.5 Å². The number of hydrogen-bond acceptors (Lipinski definition) is 3. The smallest absolute Gasteiger partial charge is 0.224 e. The fourth-order valence-electron chi connectivity index (χ4n) is 1.47. The molecule has 0 saturated carbocycles. The van der Waals surface area contributed by atoms with Crippen LogP contribution in [-0.4, -0.2) is 25.1 Å². The Kier molecular flexibility index (Phi) is 5.65. The number of carbonyl (C=O) groups is 1. The largest absolute Gasteiger partial charge is 0.489 e. The van der Waals surface area contributed by atoms with Crippen molar-refractivity contribution in [3.63, 3.8) is 0 Å². The zero-order chi connectivity index (χ0) is 13.5. The highest BCUT2D eigenvalue weighted by Gasteiger charge is 2.12. The molecule has 0 aliphatic carbocycles. The van der Waals surface area contributed by atoms with Gasteiger partial charge in [-0.15, -0.1) is 0 Å².